The van der Waals surface area contributed by atoms with Gasteiger partial charge in [0.15, 0.2) is 0 Å². The maximum Gasteiger partial charge on any atom is 0.227 e. The SMILES string of the molecule is Cc1cc(Nc2ncc(C#N)cn2)ccc1C1CCNCC1. The predicted octanol–water partition coefficient (Wildman–Crippen LogP) is 2.87. The largest absolute Gasteiger partial charge is 0.324 e. The molecule has 2 aromatic rings. The number of hydrogen-bond acceptors (Lipinski definition) is 5. The first-order valence-electron chi connectivity index (χ1n) is 7.56. The Morgan fingerprint density at radius 1 is 1.23 bits per heavy atom. The van der Waals surface area contributed by atoms with Crippen LogP contribution in [0.2, 0.25) is 0 Å². The Hall–Kier alpha value is -2.45. The van der Waals surface area contributed by atoms with Crippen LogP contribution in [0.25, 0.3) is 0 Å². The minimum Gasteiger partial charge on any atom is -0.324 e. The summed E-state index contributed by atoms with van der Waals surface area (Å²) in [6.45, 7) is 4.36. The van der Waals surface area contributed by atoms with Gasteiger partial charge < -0.3 is 10.6 Å². The third-order valence-corrected chi connectivity index (χ3v) is 4.09. The van der Waals surface area contributed by atoms with Crippen LogP contribution in [0, 0.1) is 18.3 Å². The lowest BCUT2D eigenvalue weighted by Crippen LogP contribution is -2.26. The number of aromatic nitrogens is 2. The van der Waals surface area contributed by atoms with Crippen molar-refractivity contribution in [2.45, 2.75) is 25.7 Å². The molecule has 1 aliphatic rings. The highest BCUT2D eigenvalue weighted by molar-refractivity contribution is 5.56. The molecule has 3 rings (SSSR count). The van der Waals surface area contributed by atoms with Gasteiger partial charge in [-0.3, -0.25) is 0 Å². The van der Waals surface area contributed by atoms with E-state index in [2.05, 4.69) is 45.7 Å². The molecule has 1 aromatic carbocycles. The van der Waals surface area contributed by atoms with Crippen molar-refractivity contribution in [1.29, 1.82) is 5.26 Å². The Morgan fingerprint density at radius 2 is 1.95 bits per heavy atom. The number of rotatable bonds is 3. The highest BCUT2D eigenvalue weighted by atomic mass is 15.1. The Kier molecular flexibility index (Phi) is 4.31. The molecule has 2 N–H and O–H groups in total. The van der Waals surface area contributed by atoms with Crippen molar-refractivity contribution in [2.75, 3.05) is 18.4 Å². The van der Waals surface area contributed by atoms with Gasteiger partial charge in [0.05, 0.1) is 18.0 Å². The van der Waals surface area contributed by atoms with Crippen molar-refractivity contribution in [3.63, 3.8) is 0 Å². The Morgan fingerprint density at radius 3 is 2.59 bits per heavy atom. The number of nitrogens with zero attached hydrogens (tertiary/aromatic N) is 3. The molecule has 0 atom stereocenters. The standard InChI is InChI=1S/C17H19N5/c1-12-8-15(22-17-20-10-13(9-18)11-21-17)2-3-16(12)14-4-6-19-7-5-14/h2-3,8,10-11,14,19H,4-7H2,1H3,(H,20,21,22). The first-order chi connectivity index (χ1) is 10.8. The molecular weight excluding hydrogens is 274 g/mol. The molecule has 0 amide bonds. The summed E-state index contributed by atoms with van der Waals surface area (Å²) in [6, 6.07) is 8.43. The Labute approximate surface area is 130 Å². The lowest BCUT2D eigenvalue weighted by Gasteiger charge is -2.24. The molecule has 5 nitrogen and oxygen atoms in total. The molecule has 0 unspecified atom stereocenters. The molecule has 1 saturated heterocycles. The zero-order valence-corrected chi connectivity index (χ0v) is 12.6. The number of hydrogen-bond donors (Lipinski definition) is 2. The van der Waals surface area contributed by atoms with Crippen LogP contribution in [0.1, 0.15) is 35.4 Å². The third kappa shape index (κ3) is 3.23. The summed E-state index contributed by atoms with van der Waals surface area (Å²) in [5.41, 5.74) is 4.17. The summed E-state index contributed by atoms with van der Waals surface area (Å²) < 4.78 is 0. The van der Waals surface area contributed by atoms with Gasteiger partial charge in [-0.2, -0.15) is 5.26 Å². The van der Waals surface area contributed by atoms with Crippen LogP contribution < -0.4 is 10.6 Å². The summed E-state index contributed by atoms with van der Waals surface area (Å²) in [5, 5.41) is 15.3. The third-order valence-electron chi connectivity index (χ3n) is 4.09. The molecular formula is C17H19N5. The van der Waals surface area contributed by atoms with Crippen LogP contribution in [-0.4, -0.2) is 23.1 Å². The van der Waals surface area contributed by atoms with Crippen LogP contribution >= 0.6 is 0 Å². The van der Waals surface area contributed by atoms with Gasteiger partial charge in [-0.1, -0.05) is 6.07 Å². The molecule has 0 spiro atoms. The maximum atomic E-state index is 8.75. The minimum absolute atomic E-state index is 0.461. The van der Waals surface area contributed by atoms with E-state index < -0.39 is 0 Å². The molecule has 0 bridgehead atoms. The summed E-state index contributed by atoms with van der Waals surface area (Å²) in [7, 11) is 0. The van der Waals surface area contributed by atoms with Crippen LogP contribution in [0.3, 0.4) is 0 Å². The zero-order chi connectivity index (χ0) is 15.4. The summed E-state index contributed by atoms with van der Waals surface area (Å²) in [5.74, 6) is 1.16. The maximum absolute atomic E-state index is 8.75. The second-order valence-corrected chi connectivity index (χ2v) is 5.63. The quantitative estimate of drug-likeness (QED) is 0.910. The second kappa shape index (κ2) is 6.54. The van der Waals surface area contributed by atoms with Crippen molar-refractivity contribution < 1.29 is 0 Å². The molecule has 1 fully saturated rings. The molecule has 1 aromatic heterocycles. The van der Waals surface area contributed by atoms with E-state index in [1.165, 1.54) is 36.4 Å². The van der Waals surface area contributed by atoms with Gasteiger partial charge in [0.2, 0.25) is 5.95 Å². The predicted molar refractivity (Wildman–Crippen MR) is 86.1 cm³/mol. The van der Waals surface area contributed by atoms with Gasteiger partial charge >= 0.3 is 0 Å². The fourth-order valence-corrected chi connectivity index (χ4v) is 2.92. The molecule has 1 aliphatic heterocycles. The summed E-state index contributed by atoms with van der Waals surface area (Å²) >= 11 is 0. The second-order valence-electron chi connectivity index (χ2n) is 5.63. The van der Waals surface area contributed by atoms with Gasteiger partial charge in [-0.05, 0) is 62.0 Å². The molecule has 5 heteroatoms. The van der Waals surface area contributed by atoms with Crippen LogP contribution in [0.15, 0.2) is 30.6 Å². The number of nitriles is 1. The Balaban J connectivity index is 1.74. The summed E-state index contributed by atoms with van der Waals surface area (Å²) in [6.07, 6.45) is 5.44. The van der Waals surface area contributed by atoms with E-state index in [-0.39, 0.29) is 0 Å². The number of aryl methyl sites for hydroxylation is 1. The van der Waals surface area contributed by atoms with E-state index in [0.29, 0.717) is 17.4 Å². The first-order valence-corrected chi connectivity index (χ1v) is 7.56. The van der Waals surface area contributed by atoms with Crippen molar-refractivity contribution in [3.05, 3.63) is 47.3 Å². The minimum atomic E-state index is 0.461. The van der Waals surface area contributed by atoms with Gasteiger partial charge in [0.25, 0.3) is 0 Å². The van der Waals surface area contributed by atoms with Crippen LogP contribution in [-0.2, 0) is 0 Å². The van der Waals surface area contributed by atoms with Crippen LogP contribution in [0.4, 0.5) is 11.6 Å². The van der Waals surface area contributed by atoms with Gasteiger partial charge in [-0.25, -0.2) is 9.97 Å². The van der Waals surface area contributed by atoms with Crippen molar-refractivity contribution in [1.82, 2.24) is 15.3 Å². The average molecular weight is 293 g/mol. The fraction of sp³-hybridized carbons (Fsp3) is 0.353. The van der Waals surface area contributed by atoms with E-state index in [4.69, 9.17) is 5.26 Å². The van der Waals surface area contributed by atoms with E-state index in [1.807, 2.05) is 6.07 Å². The normalized spacial score (nSPS) is 15.3. The van der Waals surface area contributed by atoms with Crippen molar-refractivity contribution in [3.8, 4) is 6.07 Å². The monoisotopic (exact) mass is 293 g/mol. The first kappa shape index (κ1) is 14.5. The van der Waals surface area contributed by atoms with Crippen LogP contribution in [0.5, 0.6) is 0 Å². The zero-order valence-electron chi connectivity index (χ0n) is 12.6. The molecule has 22 heavy (non-hydrogen) atoms. The lowest BCUT2D eigenvalue weighted by molar-refractivity contribution is 0.459. The van der Waals surface area contributed by atoms with E-state index >= 15 is 0 Å². The highest BCUT2D eigenvalue weighted by Gasteiger charge is 2.17. The van der Waals surface area contributed by atoms with Gasteiger partial charge in [0, 0.05) is 5.69 Å². The van der Waals surface area contributed by atoms with Crippen molar-refractivity contribution >= 4 is 11.6 Å². The number of piperidine rings is 1. The van der Waals surface area contributed by atoms with Gasteiger partial charge in [0.1, 0.15) is 6.07 Å². The number of nitrogens with one attached hydrogen (secondary N) is 2. The average Bonchev–Trinajstić information content (AvgIpc) is 2.56. The molecule has 0 radical (unpaired) electrons. The molecule has 0 aliphatic carbocycles. The smallest absolute Gasteiger partial charge is 0.227 e. The number of anilines is 2. The summed E-state index contributed by atoms with van der Waals surface area (Å²) in [4.78, 5) is 8.27. The topological polar surface area (TPSA) is 73.6 Å². The highest BCUT2D eigenvalue weighted by Crippen LogP contribution is 2.29. The fourth-order valence-electron chi connectivity index (χ4n) is 2.92. The van der Waals surface area contributed by atoms with E-state index in [0.717, 1.165) is 18.8 Å². The molecule has 112 valence electrons. The lowest BCUT2D eigenvalue weighted by atomic mass is 9.87. The van der Waals surface area contributed by atoms with Crippen molar-refractivity contribution in [2.24, 2.45) is 0 Å². The van der Waals surface area contributed by atoms with E-state index in [9.17, 15) is 0 Å². The molecule has 2 heterocycles. The molecule has 0 saturated carbocycles. The Bertz CT molecular complexity index is 681. The number of benzene rings is 1. The van der Waals surface area contributed by atoms with Gasteiger partial charge in [-0.15, -0.1) is 0 Å². The van der Waals surface area contributed by atoms with E-state index in [1.54, 1.807) is 0 Å².